The van der Waals surface area contributed by atoms with Crippen LogP contribution >= 0.6 is 0 Å². The van der Waals surface area contributed by atoms with Crippen LogP contribution < -0.4 is 11.5 Å². The third-order valence-corrected chi connectivity index (χ3v) is 3.56. The van der Waals surface area contributed by atoms with Crippen LogP contribution in [0.1, 0.15) is 18.9 Å². The van der Waals surface area contributed by atoms with E-state index in [4.69, 9.17) is 16.2 Å². The smallest absolute Gasteiger partial charge is 0.237 e. The lowest BCUT2D eigenvalue weighted by molar-refractivity contribution is -0.139. The largest absolute Gasteiger partial charge is 0.399 e. The minimum atomic E-state index is -0.522. The molecule has 2 atom stereocenters. The molecule has 6 heteroatoms. The number of hydrogen-bond acceptors (Lipinski definition) is 4. The van der Waals surface area contributed by atoms with Gasteiger partial charge in [0.15, 0.2) is 0 Å². The number of primary amides is 1. The van der Waals surface area contributed by atoms with Crippen molar-refractivity contribution in [3.05, 3.63) is 29.8 Å². The van der Waals surface area contributed by atoms with Gasteiger partial charge in [0.05, 0.1) is 25.2 Å². The van der Waals surface area contributed by atoms with Gasteiger partial charge in [-0.2, -0.15) is 0 Å². The molecule has 0 bridgehead atoms. The quantitative estimate of drug-likeness (QED) is 0.772. The van der Waals surface area contributed by atoms with Crippen molar-refractivity contribution in [2.24, 2.45) is 11.7 Å². The van der Waals surface area contributed by atoms with Gasteiger partial charge in [0.25, 0.3) is 0 Å². The number of nitrogens with zero attached hydrogens (tertiary/aromatic N) is 1. The van der Waals surface area contributed by atoms with Gasteiger partial charge in [0.1, 0.15) is 0 Å². The summed E-state index contributed by atoms with van der Waals surface area (Å²) in [6.45, 7) is 2.59. The second kappa shape index (κ2) is 6.58. The van der Waals surface area contributed by atoms with Crippen molar-refractivity contribution in [2.75, 3.05) is 18.9 Å². The Morgan fingerprint density at radius 1 is 1.33 bits per heavy atom. The maximum atomic E-state index is 12.5. The molecule has 1 aromatic carbocycles. The first-order valence-electron chi connectivity index (χ1n) is 6.99. The second-order valence-electron chi connectivity index (χ2n) is 5.48. The van der Waals surface area contributed by atoms with Crippen LogP contribution in [0.4, 0.5) is 5.69 Å². The first kappa shape index (κ1) is 15.3. The van der Waals surface area contributed by atoms with Crippen molar-refractivity contribution >= 4 is 17.5 Å². The summed E-state index contributed by atoms with van der Waals surface area (Å²) in [7, 11) is 0. The number of carbonyl (C=O) groups excluding carboxylic acids is 2. The highest BCUT2D eigenvalue weighted by Crippen LogP contribution is 2.22. The van der Waals surface area contributed by atoms with E-state index in [1.165, 1.54) is 4.90 Å². The number of nitrogen functional groups attached to an aromatic ring is 1. The molecule has 2 rings (SSSR count). The third kappa shape index (κ3) is 4.19. The summed E-state index contributed by atoms with van der Waals surface area (Å²) >= 11 is 0. The summed E-state index contributed by atoms with van der Waals surface area (Å²) in [5, 5.41) is 0. The van der Waals surface area contributed by atoms with Gasteiger partial charge in [-0.3, -0.25) is 9.59 Å². The second-order valence-corrected chi connectivity index (χ2v) is 5.48. The summed E-state index contributed by atoms with van der Waals surface area (Å²) < 4.78 is 5.43. The van der Waals surface area contributed by atoms with Crippen molar-refractivity contribution in [1.29, 1.82) is 0 Å². The highest BCUT2D eigenvalue weighted by Gasteiger charge is 2.32. The summed E-state index contributed by atoms with van der Waals surface area (Å²) in [6, 6.07) is 7.21. The molecule has 0 radical (unpaired) electrons. The molecule has 1 fully saturated rings. The molecule has 0 aliphatic carbocycles. The molecule has 0 spiro atoms. The van der Waals surface area contributed by atoms with Crippen LogP contribution in [-0.4, -0.2) is 36.0 Å². The SMILES string of the molecule is CC1CC(C(=O)N(CC(N)=O)Cc2ccc(N)cc2)CO1. The molecule has 0 aromatic heterocycles. The van der Waals surface area contributed by atoms with Gasteiger partial charge in [-0.1, -0.05) is 12.1 Å². The maximum Gasteiger partial charge on any atom is 0.237 e. The minimum absolute atomic E-state index is 0.0749. The summed E-state index contributed by atoms with van der Waals surface area (Å²) in [5.74, 6) is -0.811. The lowest BCUT2D eigenvalue weighted by atomic mass is 10.0. The Morgan fingerprint density at radius 2 is 2.00 bits per heavy atom. The Hall–Kier alpha value is -2.08. The van der Waals surface area contributed by atoms with Crippen LogP contribution in [0.25, 0.3) is 0 Å². The van der Waals surface area contributed by atoms with Crippen molar-refractivity contribution in [3.8, 4) is 0 Å². The monoisotopic (exact) mass is 291 g/mol. The lowest BCUT2D eigenvalue weighted by Crippen LogP contribution is -2.41. The number of anilines is 1. The highest BCUT2D eigenvalue weighted by atomic mass is 16.5. The van der Waals surface area contributed by atoms with Crippen LogP contribution in [0.15, 0.2) is 24.3 Å². The average molecular weight is 291 g/mol. The van der Waals surface area contributed by atoms with Gasteiger partial charge >= 0.3 is 0 Å². The molecule has 6 nitrogen and oxygen atoms in total. The molecular formula is C15H21N3O3. The minimum Gasteiger partial charge on any atom is -0.399 e. The molecule has 0 saturated carbocycles. The van der Waals surface area contributed by atoms with Crippen LogP contribution in [-0.2, 0) is 20.9 Å². The fourth-order valence-corrected chi connectivity index (χ4v) is 2.49. The van der Waals surface area contributed by atoms with E-state index in [9.17, 15) is 9.59 Å². The molecule has 114 valence electrons. The summed E-state index contributed by atoms with van der Waals surface area (Å²) in [5.41, 5.74) is 12.5. The zero-order valence-electron chi connectivity index (χ0n) is 12.1. The topological polar surface area (TPSA) is 98.7 Å². The third-order valence-electron chi connectivity index (χ3n) is 3.56. The molecule has 2 amide bonds. The molecule has 1 aliphatic heterocycles. The molecular weight excluding hydrogens is 270 g/mol. The summed E-state index contributed by atoms with van der Waals surface area (Å²) in [4.78, 5) is 25.2. The fraction of sp³-hybridized carbons (Fsp3) is 0.467. The molecule has 21 heavy (non-hydrogen) atoms. The first-order valence-corrected chi connectivity index (χ1v) is 6.99. The van der Waals surface area contributed by atoms with E-state index in [2.05, 4.69) is 0 Å². The Balaban J connectivity index is 2.08. The highest BCUT2D eigenvalue weighted by molar-refractivity contribution is 5.85. The van der Waals surface area contributed by atoms with Gasteiger partial charge in [0, 0.05) is 12.2 Å². The Labute approximate surface area is 124 Å². The number of benzene rings is 1. The normalized spacial score (nSPS) is 21.2. The van der Waals surface area contributed by atoms with Gasteiger partial charge in [-0.15, -0.1) is 0 Å². The predicted octanol–water partition coefficient (Wildman–Crippen LogP) is 0.508. The van der Waals surface area contributed by atoms with E-state index in [0.717, 1.165) is 5.56 Å². The van der Waals surface area contributed by atoms with Crippen molar-refractivity contribution in [1.82, 2.24) is 4.90 Å². The number of hydrogen-bond donors (Lipinski definition) is 2. The van der Waals surface area contributed by atoms with Crippen molar-refractivity contribution in [2.45, 2.75) is 26.0 Å². The average Bonchev–Trinajstić information content (AvgIpc) is 2.86. The number of amides is 2. The van der Waals surface area contributed by atoms with Gasteiger partial charge < -0.3 is 21.1 Å². The summed E-state index contributed by atoms with van der Waals surface area (Å²) in [6.07, 6.45) is 0.751. The van der Waals surface area contributed by atoms with E-state index in [0.29, 0.717) is 25.3 Å². The van der Waals surface area contributed by atoms with Crippen LogP contribution in [0.3, 0.4) is 0 Å². The van der Waals surface area contributed by atoms with Gasteiger partial charge in [-0.05, 0) is 31.0 Å². The zero-order valence-corrected chi connectivity index (χ0v) is 12.1. The molecule has 1 saturated heterocycles. The number of rotatable bonds is 5. The van der Waals surface area contributed by atoms with E-state index < -0.39 is 5.91 Å². The fourth-order valence-electron chi connectivity index (χ4n) is 2.49. The predicted molar refractivity (Wildman–Crippen MR) is 79.0 cm³/mol. The number of carbonyl (C=O) groups is 2. The van der Waals surface area contributed by atoms with Crippen LogP contribution in [0.2, 0.25) is 0 Å². The van der Waals surface area contributed by atoms with E-state index >= 15 is 0 Å². The zero-order chi connectivity index (χ0) is 15.4. The van der Waals surface area contributed by atoms with Crippen molar-refractivity contribution in [3.63, 3.8) is 0 Å². The Kier molecular flexibility index (Phi) is 4.80. The van der Waals surface area contributed by atoms with E-state index in [-0.39, 0.29) is 24.5 Å². The molecule has 1 aliphatic rings. The van der Waals surface area contributed by atoms with Gasteiger partial charge in [-0.25, -0.2) is 0 Å². The van der Waals surface area contributed by atoms with Gasteiger partial charge in [0.2, 0.25) is 11.8 Å². The Morgan fingerprint density at radius 3 is 2.52 bits per heavy atom. The lowest BCUT2D eigenvalue weighted by Gasteiger charge is -2.24. The van der Waals surface area contributed by atoms with E-state index in [1.54, 1.807) is 12.1 Å². The molecule has 4 N–H and O–H groups in total. The molecule has 1 heterocycles. The van der Waals surface area contributed by atoms with Crippen molar-refractivity contribution < 1.29 is 14.3 Å². The van der Waals surface area contributed by atoms with Crippen LogP contribution in [0.5, 0.6) is 0 Å². The number of nitrogens with two attached hydrogens (primary N) is 2. The van der Waals surface area contributed by atoms with E-state index in [1.807, 2.05) is 19.1 Å². The first-order chi connectivity index (χ1) is 9.95. The standard InChI is InChI=1S/C15H21N3O3/c1-10-6-12(9-21-10)15(20)18(8-14(17)19)7-11-2-4-13(16)5-3-11/h2-5,10,12H,6-9,16H2,1H3,(H2,17,19). The molecule has 2 unspecified atom stereocenters. The Bertz CT molecular complexity index is 515. The molecule has 1 aromatic rings. The number of ether oxygens (including phenoxy) is 1. The maximum absolute atomic E-state index is 12.5. The van der Waals surface area contributed by atoms with Crippen LogP contribution in [0, 0.1) is 5.92 Å².